The Morgan fingerprint density at radius 2 is 2.00 bits per heavy atom. The molecule has 2 rings (SSSR count). The molecule has 0 bridgehead atoms. The first kappa shape index (κ1) is 9.68. The molecule has 4 heteroatoms. The van der Waals surface area contributed by atoms with Crippen LogP contribution in [0.4, 0.5) is 0 Å². The molecule has 2 saturated heterocycles. The minimum absolute atomic E-state index is 0.0661. The lowest BCUT2D eigenvalue weighted by molar-refractivity contribution is -0.133. The number of hydrogen-bond acceptors (Lipinski definition) is 3. The fourth-order valence-corrected chi connectivity index (χ4v) is 2.04. The lowest BCUT2D eigenvalue weighted by Crippen LogP contribution is -2.63. The van der Waals surface area contributed by atoms with Crippen LogP contribution in [0, 0.1) is 0 Å². The van der Waals surface area contributed by atoms with Crippen molar-refractivity contribution >= 4 is 5.91 Å². The van der Waals surface area contributed by atoms with Gasteiger partial charge in [-0.1, -0.05) is 6.58 Å². The Balaban J connectivity index is 1.76. The van der Waals surface area contributed by atoms with Gasteiger partial charge in [-0.3, -0.25) is 9.69 Å². The molecule has 0 aromatic carbocycles. The summed E-state index contributed by atoms with van der Waals surface area (Å²) in [6.45, 7) is 9.62. The summed E-state index contributed by atoms with van der Waals surface area (Å²) < 4.78 is 0. The van der Waals surface area contributed by atoms with Crippen LogP contribution in [0.1, 0.15) is 0 Å². The highest BCUT2D eigenvalue weighted by molar-refractivity contribution is 5.87. The van der Waals surface area contributed by atoms with Gasteiger partial charge in [-0.15, -0.1) is 0 Å². The van der Waals surface area contributed by atoms with Crippen molar-refractivity contribution < 1.29 is 4.79 Å². The van der Waals surface area contributed by atoms with E-state index in [1.807, 2.05) is 4.90 Å². The Labute approximate surface area is 84.6 Å². The van der Waals surface area contributed by atoms with Crippen molar-refractivity contribution in [2.24, 2.45) is 0 Å². The fourth-order valence-electron chi connectivity index (χ4n) is 2.04. The van der Waals surface area contributed by atoms with E-state index in [1.54, 1.807) is 0 Å². The zero-order valence-electron chi connectivity index (χ0n) is 8.41. The average Bonchev–Trinajstić information content (AvgIpc) is 2.17. The van der Waals surface area contributed by atoms with Crippen LogP contribution in [0.5, 0.6) is 0 Å². The van der Waals surface area contributed by atoms with Crippen LogP contribution in [0.15, 0.2) is 12.7 Å². The molecular formula is C10H17N3O. The average molecular weight is 195 g/mol. The molecule has 2 aliphatic heterocycles. The summed E-state index contributed by atoms with van der Waals surface area (Å²) in [4.78, 5) is 15.5. The normalized spacial score (nSPS) is 24.4. The molecule has 0 spiro atoms. The predicted molar refractivity (Wildman–Crippen MR) is 55.0 cm³/mol. The van der Waals surface area contributed by atoms with Gasteiger partial charge in [0, 0.05) is 45.3 Å². The lowest BCUT2D eigenvalue weighted by Gasteiger charge is -2.46. The lowest BCUT2D eigenvalue weighted by atomic mass is 10.1. The molecule has 1 N–H and O–H groups in total. The molecule has 78 valence electrons. The summed E-state index contributed by atoms with van der Waals surface area (Å²) in [5, 5.41) is 3.32. The molecule has 1 amide bonds. The van der Waals surface area contributed by atoms with E-state index < -0.39 is 0 Å². The maximum atomic E-state index is 11.2. The van der Waals surface area contributed by atoms with Crippen molar-refractivity contribution in [3.8, 4) is 0 Å². The number of nitrogens with one attached hydrogen (secondary N) is 1. The molecule has 14 heavy (non-hydrogen) atoms. The Morgan fingerprint density at radius 1 is 1.36 bits per heavy atom. The third kappa shape index (κ3) is 1.81. The summed E-state index contributed by atoms with van der Waals surface area (Å²) >= 11 is 0. The van der Waals surface area contributed by atoms with Crippen molar-refractivity contribution in [3.63, 3.8) is 0 Å². The van der Waals surface area contributed by atoms with Gasteiger partial charge in [-0.25, -0.2) is 0 Å². The van der Waals surface area contributed by atoms with Gasteiger partial charge in [0.25, 0.3) is 0 Å². The number of amides is 1. The van der Waals surface area contributed by atoms with E-state index in [0.29, 0.717) is 6.04 Å². The molecular weight excluding hydrogens is 178 g/mol. The molecule has 0 aromatic heterocycles. The van der Waals surface area contributed by atoms with Gasteiger partial charge >= 0.3 is 0 Å². The largest absolute Gasteiger partial charge is 0.336 e. The minimum Gasteiger partial charge on any atom is -0.336 e. The number of carbonyl (C=O) groups is 1. The van der Waals surface area contributed by atoms with Crippen LogP contribution in [0.2, 0.25) is 0 Å². The highest BCUT2D eigenvalue weighted by Crippen LogP contribution is 2.15. The predicted octanol–water partition coefficient (Wildman–Crippen LogP) is -0.712. The summed E-state index contributed by atoms with van der Waals surface area (Å²) in [6.07, 6.45) is 1.40. The van der Waals surface area contributed by atoms with Gasteiger partial charge in [0.15, 0.2) is 0 Å². The van der Waals surface area contributed by atoms with Crippen molar-refractivity contribution in [1.29, 1.82) is 0 Å². The van der Waals surface area contributed by atoms with Gasteiger partial charge in [-0.05, 0) is 6.08 Å². The third-order valence-corrected chi connectivity index (χ3v) is 3.02. The number of rotatable bonds is 2. The highest BCUT2D eigenvalue weighted by atomic mass is 16.2. The third-order valence-electron chi connectivity index (χ3n) is 3.02. The van der Waals surface area contributed by atoms with Gasteiger partial charge in [0.1, 0.15) is 0 Å². The van der Waals surface area contributed by atoms with E-state index >= 15 is 0 Å². The standard InChI is InChI=1S/C10H17N3O/c1-2-10(14)13-7-9(8-13)12-5-3-11-4-6-12/h2,9,11H,1,3-8H2. The quantitative estimate of drug-likeness (QED) is 0.591. The maximum absolute atomic E-state index is 11.2. The molecule has 0 unspecified atom stereocenters. The molecule has 2 fully saturated rings. The first-order valence-corrected chi connectivity index (χ1v) is 5.17. The second-order valence-electron chi connectivity index (χ2n) is 3.89. The SMILES string of the molecule is C=CC(=O)N1CC(N2CCNCC2)C1. The monoisotopic (exact) mass is 195 g/mol. The Hall–Kier alpha value is -0.870. The number of piperazine rings is 1. The topological polar surface area (TPSA) is 35.6 Å². The van der Waals surface area contributed by atoms with Crippen LogP contribution in [0.3, 0.4) is 0 Å². The van der Waals surface area contributed by atoms with Crippen LogP contribution < -0.4 is 5.32 Å². The molecule has 2 aliphatic rings. The van der Waals surface area contributed by atoms with Gasteiger partial charge < -0.3 is 10.2 Å². The first-order valence-electron chi connectivity index (χ1n) is 5.17. The van der Waals surface area contributed by atoms with E-state index in [4.69, 9.17) is 0 Å². The Morgan fingerprint density at radius 3 is 2.57 bits per heavy atom. The molecule has 2 heterocycles. The van der Waals surface area contributed by atoms with Crippen molar-refractivity contribution in [3.05, 3.63) is 12.7 Å². The van der Waals surface area contributed by atoms with Gasteiger partial charge in [0.05, 0.1) is 0 Å². The van der Waals surface area contributed by atoms with Gasteiger partial charge in [-0.2, -0.15) is 0 Å². The highest BCUT2D eigenvalue weighted by Gasteiger charge is 2.33. The van der Waals surface area contributed by atoms with E-state index in [1.165, 1.54) is 6.08 Å². The van der Waals surface area contributed by atoms with Crippen molar-refractivity contribution in [2.45, 2.75) is 6.04 Å². The number of hydrogen-bond donors (Lipinski definition) is 1. The number of nitrogens with zero attached hydrogens (tertiary/aromatic N) is 2. The molecule has 0 saturated carbocycles. The van der Waals surface area contributed by atoms with Crippen LogP contribution in [0.25, 0.3) is 0 Å². The van der Waals surface area contributed by atoms with Crippen molar-refractivity contribution in [2.75, 3.05) is 39.3 Å². The molecule has 0 aliphatic carbocycles. The molecule has 4 nitrogen and oxygen atoms in total. The minimum atomic E-state index is 0.0661. The molecule has 0 radical (unpaired) electrons. The molecule has 0 atom stereocenters. The summed E-state index contributed by atoms with van der Waals surface area (Å²) in [6, 6.07) is 0.584. The summed E-state index contributed by atoms with van der Waals surface area (Å²) in [7, 11) is 0. The number of carbonyl (C=O) groups excluding carboxylic acids is 1. The van der Waals surface area contributed by atoms with E-state index in [-0.39, 0.29) is 5.91 Å². The zero-order valence-corrected chi connectivity index (χ0v) is 8.41. The Kier molecular flexibility index (Phi) is 2.84. The van der Waals surface area contributed by atoms with Crippen LogP contribution in [-0.4, -0.2) is 61.0 Å². The number of likely N-dealkylation sites (tertiary alicyclic amines) is 1. The van der Waals surface area contributed by atoms with Gasteiger partial charge in [0.2, 0.25) is 5.91 Å². The zero-order chi connectivity index (χ0) is 9.97. The second kappa shape index (κ2) is 4.11. The summed E-state index contributed by atoms with van der Waals surface area (Å²) in [5.41, 5.74) is 0. The smallest absolute Gasteiger partial charge is 0.246 e. The summed E-state index contributed by atoms with van der Waals surface area (Å²) in [5.74, 6) is 0.0661. The fraction of sp³-hybridized carbons (Fsp3) is 0.700. The second-order valence-corrected chi connectivity index (χ2v) is 3.89. The molecule has 0 aromatic rings. The van der Waals surface area contributed by atoms with E-state index in [9.17, 15) is 4.79 Å². The van der Waals surface area contributed by atoms with Crippen LogP contribution >= 0.6 is 0 Å². The first-order chi connectivity index (χ1) is 6.81. The van der Waals surface area contributed by atoms with Crippen molar-refractivity contribution in [1.82, 2.24) is 15.1 Å². The Bertz CT molecular complexity index is 230. The maximum Gasteiger partial charge on any atom is 0.246 e. The van der Waals surface area contributed by atoms with Crippen LogP contribution in [-0.2, 0) is 4.79 Å². The van der Waals surface area contributed by atoms with E-state index in [0.717, 1.165) is 39.3 Å². The van der Waals surface area contributed by atoms with E-state index in [2.05, 4.69) is 16.8 Å².